The molecule has 2 aliphatic rings. The van der Waals surface area contributed by atoms with Crippen molar-refractivity contribution in [2.24, 2.45) is 0 Å². The molecule has 6 rings (SSSR count). The maximum atomic E-state index is 13.2. The van der Waals surface area contributed by atoms with E-state index in [-0.39, 0.29) is 5.56 Å². The summed E-state index contributed by atoms with van der Waals surface area (Å²) >= 11 is 1.43. The Morgan fingerprint density at radius 1 is 1.09 bits per heavy atom. The van der Waals surface area contributed by atoms with Gasteiger partial charge in [0.1, 0.15) is 33.2 Å². The van der Waals surface area contributed by atoms with Crippen molar-refractivity contribution in [1.29, 1.82) is 0 Å². The molecule has 1 saturated heterocycles. The fourth-order valence-corrected chi connectivity index (χ4v) is 5.72. The molecule has 0 N–H and O–H groups in total. The van der Waals surface area contributed by atoms with E-state index in [1.54, 1.807) is 0 Å². The Bertz CT molecular complexity index is 1350. The zero-order valence-electron chi connectivity index (χ0n) is 17.6. The number of aromatic nitrogens is 4. The lowest BCUT2D eigenvalue weighted by molar-refractivity contribution is 0.122. The van der Waals surface area contributed by atoms with Gasteiger partial charge in [-0.25, -0.2) is 9.67 Å². The summed E-state index contributed by atoms with van der Waals surface area (Å²) in [6.45, 7) is 3.84. The molecule has 4 heterocycles. The zero-order valence-corrected chi connectivity index (χ0v) is 18.4. The molecule has 0 saturated carbocycles. The van der Waals surface area contributed by atoms with Gasteiger partial charge in [-0.2, -0.15) is 0 Å². The monoisotopic (exact) mass is 449 g/mol. The minimum Gasteiger partial charge on any atom is -0.492 e. The Balaban J connectivity index is 1.38. The zero-order chi connectivity index (χ0) is 21.5. The summed E-state index contributed by atoms with van der Waals surface area (Å²) in [5.41, 5.74) is 3.16. The van der Waals surface area contributed by atoms with Crippen molar-refractivity contribution in [2.45, 2.75) is 25.8 Å². The van der Waals surface area contributed by atoms with Crippen molar-refractivity contribution < 1.29 is 9.47 Å². The number of morpholine rings is 1. The number of aryl methyl sites for hydroxylation is 1. The fraction of sp³-hybridized carbons (Fsp3) is 0.391. The summed E-state index contributed by atoms with van der Waals surface area (Å²) in [4.78, 5) is 21.4. The van der Waals surface area contributed by atoms with Crippen molar-refractivity contribution in [3.05, 3.63) is 51.8 Å². The first-order chi connectivity index (χ1) is 15.8. The van der Waals surface area contributed by atoms with Crippen molar-refractivity contribution in [3.8, 4) is 5.75 Å². The first-order valence-electron chi connectivity index (χ1n) is 11.0. The van der Waals surface area contributed by atoms with Crippen molar-refractivity contribution in [1.82, 2.24) is 20.0 Å². The number of hydrogen-bond donors (Lipinski definition) is 0. The lowest BCUT2D eigenvalue weighted by Gasteiger charge is -2.29. The third kappa shape index (κ3) is 3.32. The van der Waals surface area contributed by atoms with Crippen LogP contribution in [0.3, 0.4) is 0 Å². The highest BCUT2D eigenvalue weighted by molar-refractivity contribution is 7.25. The molecule has 0 spiro atoms. The van der Waals surface area contributed by atoms with Gasteiger partial charge in [0.25, 0.3) is 5.56 Å². The van der Waals surface area contributed by atoms with Gasteiger partial charge in [0.15, 0.2) is 0 Å². The van der Waals surface area contributed by atoms with E-state index in [4.69, 9.17) is 14.5 Å². The molecule has 0 bridgehead atoms. The van der Waals surface area contributed by atoms with Gasteiger partial charge >= 0.3 is 0 Å². The van der Waals surface area contributed by atoms with Gasteiger partial charge in [-0.15, -0.1) is 16.4 Å². The first-order valence-corrected chi connectivity index (χ1v) is 11.8. The second kappa shape index (κ2) is 8.14. The van der Waals surface area contributed by atoms with Crippen LogP contribution in [0.2, 0.25) is 0 Å². The molecular weight excluding hydrogens is 426 g/mol. The van der Waals surface area contributed by atoms with Crippen LogP contribution in [0, 0.1) is 0 Å². The molecule has 0 atom stereocenters. The molecule has 9 heteroatoms. The van der Waals surface area contributed by atoms with Crippen LogP contribution in [0.15, 0.2) is 35.1 Å². The average molecular weight is 450 g/mol. The van der Waals surface area contributed by atoms with Crippen LogP contribution in [0.1, 0.15) is 17.5 Å². The number of hydrogen-bond acceptors (Lipinski definition) is 8. The van der Waals surface area contributed by atoms with Crippen LogP contribution < -0.4 is 15.2 Å². The summed E-state index contributed by atoms with van der Waals surface area (Å²) in [5, 5.41) is 9.71. The smallest absolute Gasteiger partial charge is 0.287 e. The van der Waals surface area contributed by atoms with E-state index in [1.807, 2.05) is 30.3 Å². The minimum absolute atomic E-state index is 0.130. The third-order valence-electron chi connectivity index (χ3n) is 6.17. The minimum atomic E-state index is -0.130. The molecule has 32 heavy (non-hydrogen) atoms. The van der Waals surface area contributed by atoms with Crippen LogP contribution in [-0.4, -0.2) is 52.9 Å². The quantitative estimate of drug-likeness (QED) is 0.463. The fourth-order valence-electron chi connectivity index (χ4n) is 4.64. The van der Waals surface area contributed by atoms with E-state index in [0.29, 0.717) is 23.4 Å². The molecule has 3 aromatic heterocycles. The highest BCUT2D eigenvalue weighted by Gasteiger charge is 2.27. The molecular formula is C23H23N5O3S. The van der Waals surface area contributed by atoms with Crippen LogP contribution in [0.5, 0.6) is 5.75 Å². The normalized spacial score (nSPS) is 16.1. The van der Waals surface area contributed by atoms with Crippen LogP contribution >= 0.6 is 11.3 Å². The molecule has 1 aliphatic heterocycles. The topological polar surface area (TPSA) is 82.4 Å². The van der Waals surface area contributed by atoms with E-state index < -0.39 is 0 Å². The van der Waals surface area contributed by atoms with Crippen LogP contribution in [0.25, 0.3) is 20.4 Å². The van der Waals surface area contributed by atoms with E-state index in [0.717, 1.165) is 67.3 Å². The Labute approximate surface area is 188 Å². The number of ether oxygens (including phenoxy) is 2. The van der Waals surface area contributed by atoms with E-state index in [1.165, 1.54) is 27.1 Å². The van der Waals surface area contributed by atoms with Gasteiger partial charge in [-0.1, -0.05) is 23.4 Å². The molecule has 1 aliphatic carbocycles. The largest absolute Gasteiger partial charge is 0.492 e. The standard InChI is InChI=1S/C23H23N5O3S/c29-23-20-19(25-26-28(23)11-14-31-15-5-2-1-3-6-15)18-16-7-4-8-17(16)21(24-22(18)32-20)27-9-12-30-13-10-27/h1-3,5-6H,4,7-14H2. The van der Waals surface area contributed by atoms with Gasteiger partial charge in [0, 0.05) is 18.5 Å². The molecule has 164 valence electrons. The molecule has 0 unspecified atom stereocenters. The number of pyridine rings is 1. The lowest BCUT2D eigenvalue weighted by Crippen LogP contribution is -2.37. The number of para-hydroxylation sites is 1. The van der Waals surface area contributed by atoms with Crippen LogP contribution in [0.4, 0.5) is 5.82 Å². The van der Waals surface area contributed by atoms with Gasteiger partial charge < -0.3 is 14.4 Å². The predicted molar refractivity (Wildman–Crippen MR) is 124 cm³/mol. The SMILES string of the molecule is O=c1c2sc3nc(N4CCOCC4)c4c(c3c2nnn1CCOc1ccccc1)CCC4. The van der Waals surface area contributed by atoms with Gasteiger partial charge in [0.05, 0.1) is 19.8 Å². The highest BCUT2D eigenvalue weighted by Crippen LogP contribution is 2.40. The number of fused-ring (bicyclic) bond motifs is 5. The molecule has 8 nitrogen and oxygen atoms in total. The number of benzene rings is 1. The maximum Gasteiger partial charge on any atom is 0.287 e. The highest BCUT2D eigenvalue weighted by atomic mass is 32.1. The average Bonchev–Trinajstić information content (AvgIpc) is 3.46. The Hall–Kier alpha value is -3.04. The molecule has 1 aromatic carbocycles. The maximum absolute atomic E-state index is 13.2. The first kappa shape index (κ1) is 19.6. The van der Waals surface area contributed by atoms with Gasteiger partial charge in [0.2, 0.25) is 0 Å². The summed E-state index contributed by atoms with van der Waals surface area (Å²) in [6, 6.07) is 9.56. The number of anilines is 1. The predicted octanol–water partition coefficient (Wildman–Crippen LogP) is 2.81. The second-order valence-corrected chi connectivity index (χ2v) is 9.08. The third-order valence-corrected chi connectivity index (χ3v) is 7.23. The molecule has 0 amide bonds. The second-order valence-electron chi connectivity index (χ2n) is 8.08. The molecule has 0 radical (unpaired) electrons. The summed E-state index contributed by atoms with van der Waals surface area (Å²) < 4.78 is 13.3. The van der Waals surface area contributed by atoms with Gasteiger partial charge in [-0.3, -0.25) is 4.79 Å². The van der Waals surface area contributed by atoms with Crippen molar-refractivity contribution >= 4 is 37.6 Å². The summed E-state index contributed by atoms with van der Waals surface area (Å²) in [7, 11) is 0. The molecule has 4 aromatic rings. The van der Waals surface area contributed by atoms with E-state index in [9.17, 15) is 4.79 Å². The summed E-state index contributed by atoms with van der Waals surface area (Å²) in [5.74, 6) is 1.83. The number of nitrogens with zero attached hydrogens (tertiary/aromatic N) is 5. The molecule has 1 fully saturated rings. The lowest BCUT2D eigenvalue weighted by atomic mass is 10.1. The Kier molecular flexibility index (Phi) is 4.99. The van der Waals surface area contributed by atoms with E-state index >= 15 is 0 Å². The van der Waals surface area contributed by atoms with Crippen LogP contribution in [-0.2, 0) is 24.1 Å². The van der Waals surface area contributed by atoms with Gasteiger partial charge in [-0.05, 0) is 42.5 Å². The number of thiophene rings is 1. The van der Waals surface area contributed by atoms with Crippen molar-refractivity contribution in [3.63, 3.8) is 0 Å². The Morgan fingerprint density at radius 3 is 2.75 bits per heavy atom. The van der Waals surface area contributed by atoms with E-state index in [2.05, 4.69) is 15.2 Å². The number of rotatable bonds is 5. The Morgan fingerprint density at radius 2 is 1.91 bits per heavy atom. The van der Waals surface area contributed by atoms with Crippen molar-refractivity contribution in [2.75, 3.05) is 37.8 Å². The summed E-state index contributed by atoms with van der Waals surface area (Å²) in [6.07, 6.45) is 3.11.